The number of halogens is 2. The van der Waals surface area contributed by atoms with Gasteiger partial charge < -0.3 is 5.11 Å². The first kappa shape index (κ1) is 20.1. The molecule has 0 atom stereocenters. The summed E-state index contributed by atoms with van der Waals surface area (Å²) in [4.78, 5) is -0.637. The molecule has 2 aromatic rings. The number of nitriles is 1. The molecule has 0 saturated carbocycles. The second-order valence-electron chi connectivity index (χ2n) is 6.73. The number of sulfone groups is 1. The lowest BCUT2D eigenvalue weighted by Gasteiger charge is -2.21. The van der Waals surface area contributed by atoms with E-state index < -0.39 is 20.6 Å². The van der Waals surface area contributed by atoms with Crippen LogP contribution in [0.25, 0.3) is 6.08 Å². The van der Waals surface area contributed by atoms with Gasteiger partial charge in [0.15, 0.2) is 0 Å². The lowest BCUT2D eigenvalue weighted by Crippen LogP contribution is -2.12. The van der Waals surface area contributed by atoms with Gasteiger partial charge in [-0.3, -0.25) is 0 Å². The van der Waals surface area contributed by atoms with Crippen LogP contribution in [0.4, 0.5) is 4.39 Å². The van der Waals surface area contributed by atoms with Crippen LogP contribution in [0.5, 0.6) is 5.75 Å². The van der Waals surface area contributed by atoms with E-state index in [4.69, 9.17) is 0 Å². The zero-order valence-corrected chi connectivity index (χ0v) is 16.8. The van der Waals surface area contributed by atoms with E-state index >= 15 is 0 Å². The van der Waals surface area contributed by atoms with Crippen molar-refractivity contribution in [3.63, 3.8) is 0 Å². The van der Waals surface area contributed by atoms with Crippen LogP contribution in [0.1, 0.15) is 31.9 Å². The fourth-order valence-electron chi connectivity index (χ4n) is 2.34. The Morgan fingerprint density at radius 3 is 2.31 bits per heavy atom. The summed E-state index contributed by atoms with van der Waals surface area (Å²) in [6, 6.07) is 9.14. The first-order valence-corrected chi connectivity index (χ1v) is 9.90. The Kier molecular flexibility index (Phi) is 5.59. The van der Waals surface area contributed by atoms with Crippen LogP contribution in [0, 0.1) is 17.1 Å². The molecule has 7 heteroatoms. The van der Waals surface area contributed by atoms with Gasteiger partial charge in [-0.25, -0.2) is 12.8 Å². The second-order valence-corrected chi connectivity index (χ2v) is 9.50. The third kappa shape index (κ3) is 4.14. The van der Waals surface area contributed by atoms with Crippen molar-refractivity contribution < 1.29 is 17.9 Å². The Morgan fingerprint density at radius 2 is 1.81 bits per heavy atom. The van der Waals surface area contributed by atoms with Crippen molar-refractivity contribution in [3.8, 4) is 11.8 Å². The van der Waals surface area contributed by atoms with E-state index in [0.29, 0.717) is 15.6 Å². The quantitative estimate of drug-likeness (QED) is 0.545. The van der Waals surface area contributed by atoms with Gasteiger partial charge in [0.1, 0.15) is 22.5 Å². The minimum absolute atomic E-state index is 0.0644. The topological polar surface area (TPSA) is 78.2 Å². The average molecular weight is 438 g/mol. The number of rotatable bonds is 3. The fourth-order valence-corrected chi connectivity index (χ4v) is 3.97. The lowest BCUT2D eigenvalue weighted by atomic mass is 9.85. The smallest absolute Gasteiger partial charge is 0.216 e. The summed E-state index contributed by atoms with van der Waals surface area (Å²) in [7, 11) is -4.08. The molecule has 26 heavy (non-hydrogen) atoms. The maximum atomic E-state index is 13.0. The molecule has 0 saturated heterocycles. The van der Waals surface area contributed by atoms with Gasteiger partial charge >= 0.3 is 0 Å². The molecule has 0 heterocycles. The van der Waals surface area contributed by atoms with Crippen molar-refractivity contribution in [2.24, 2.45) is 0 Å². The van der Waals surface area contributed by atoms with E-state index in [-0.39, 0.29) is 16.1 Å². The van der Waals surface area contributed by atoms with Crippen LogP contribution >= 0.6 is 15.9 Å². The maximum absolute atomic E-state index is 13.0. The zero-order chi connectivity index (χ0) is 19.7. The number of aromatic hydroxyl groups is 1. The summed E-state index contributed by atoms with van der Waals surface area (Å²) in [5, 5.41) is 19.6. The molecule has 2 aromatic carbocycles. The number of hydrogen-bond acceptors (Lipinski definition) is 4. The van der Waals surface area contributed by atoms with Crippen molar-refractivity contribution in [2.75, 3.05) is 0 Å². The molecule has 0 amide bonds. The van der Waals surface area contributed by atoms with Gasteiger partial charge in [-0.15, -0.1) is 0 Å². The first-order valence-electron chi connectivity index (χ1n) is 7.62. The van der Waals surface area contributed by atoms with E-state index in [2.05, 4.69) is 15.9 Å². The molecule has 4 nitrogen and oxygen atoms in total. The largest absolute Gasteiger partial charge is 0.506 e. The minimum Gasteiger partial charge on any atom is -0.506 e. The Hall–Kier alpha value is -2.17. The summed E-state index contributed by atoms with van der Waals surface area (Å²) in [5.41, 5.74) is 0.662. The standard InChI is InChI=1S/C19H17BrFNO3S/c1-19(2,3)16-9-12(10-17(20)18(16)23)8-15(11-22)26(24,25)14-6-4-13(21)5-7-14/h4-10,23H,1-3H3/b15-8-. The summed E-state index contributed by atoms with van der Waals surface area (Å²) in [6.07, 6.45) is 1.23. The normalized spacial score (nSPS) is 12.7. The summed E-state index contributed by atoms with van der Waals surface area (Å²) in [6.45, 7) is 5.72. The van der Waals surface area contributed by atoms with Crippen LogP contribution in [0.3, 0.4) is 0 Å². The SMILES string of the molecule is CC(C)(C)c1cc(/C=C(/C#N)S(=O)(=O)c2ccc(F)cc2)cc(Br)c1O. The summed E-state index contributed by atoms with van der Waals surface area (Å²) in [5.74, 6) is -0.502. The summed E-state index contributed by atoms with van der Waals surface area (Å²) >= 11 is 3.25. The van der Waals surface area contributed by atoms with E-state index in [1.807, 2.05) is 20.8 Å². The number of phenolic OH excluding ortho intramolecular Hbond substituents is 1. The Morgan fingerprint density at radius 1 is 1.23 bits per heavy atom. The van der Waals surface area contributed by atoms with Gasteiger partial charge in [0.25, 0.3) is 0 Å². The number of allylic oxidation sites excluding steroid dienone is 1. The van der Waals surface area contributed by atoms with E-state index in [0.717, 1.165) is 24.3 Å². The third-order valence-corrected chi connectivity index (χ3v) is 6.00. The Labute approximate surface area is 160 Å². The molecule has 0 bridgehead atoms. The molecule has 0 aliphatic rings. The van der Waals surface area contributed by atoms with E-state index in [9.17, 15) is 23.2 Å². The highest BCUT2D eigenvalue weighted by molar-refractivity contribution is 9.10. The molecular weight excluding hydrogens is 421 g/mol. The number of nitrogens with zero attached hydrogens (tertiary/aromatic N) is 1. The molecule has 0 spiro atoms. The number of benzene rings is 2. The summed E-state index contributed by atoms with van der Waals surface area (Å²) < 4.78 is 38.7. The molecule has 2 rings (SSSR count). The number of hydrogen-bond donors (Lipinski definition) is 1. The van der Waals surface area contributed by atoms with Crippen molar-refractivity contribution in [1.29, 1.82) is 5.26 Å². The molecule has 0 aliphatic carbocycles. The lowest BCUT2D eigenvalue weighted by molar-refractivity contribution is 0.443. The van der Waals surface area contributed by atoms with Gasteiger partial charge in [-0.2, -0.15) is 5.26 Å². The van der Waals surface area contributed by atoms with Crippen LogP contribution in [0.15, 0.2) is 50.7 Å². The van der Waals surface area contributed by atoms with Gasteiger partial charge in [-0.1, -0.05) is 20.8 Å². The van der Waals surface area contributed by atoms with Crippen LogP contribution in [-0.4, -0.2) is 13.5 Å². The number of phenols is 1. The predicted octanol–water partition coefficient (Wildman–Crippen LogP) is 4.93. The highest BCUT2D eigenvalue weighted by atomic mass is 79.9. The molecule has 0 radical (unpaired) electrons. The van der Waals surface area contributed by atoms with E-state index in [1.165, 1.54) is 12.1 Å². The van der Waals surface area contributed by atoms with Crippen molar-refractivity contribution in [1.82, 2.24) is 0 Å². The third-order valence-electron chi connectivity index (χ3n) is 3.72. The monoisotopic (exact) mass is 437 g/mol. The van der Waals surface area contributed by atoms with Crippen molar-refractivity contribution in [3.05, 3.63) is 62.7 Å². The molecule has 0 aromatic heterocycles. The molecule has 0 unspecified atom stereocenters. The first-order chi connectivity index (χ1) is 12.0. The maximum Gasteiger partial charge on any atom is 0.216 e. The van der Waals surface area contributed by atoms with Crippen LogP contribution in [-0.2, 0) is 15.3 Å². The molecule has 0 aliphatic heterocycles. The van der Waals surface area contributed by atoms with Crippen LogP contribution in [0.2, 0.25) is 0 Å². The molecular formula is C19H17BrFNO3S. The highest BCUT2D eigenvalue weighted by Gasteiger charge is 2.23. The Bertz CT molecular complexity index is 1010. The second kappa shape index (κ2) is 7.22. The van der Waals surface area contributed by atoms with Crippen LogP contribution < -0.4 is 0 Å². The molecule has 0 fully saturated rings. The van der Waals surface area contributed by atoms with Crippen molar-refractivity contribution >= 4 is 31.8 Å². The Balaban J connectivity index is 2.61. The fraction of sp³-hybridized carbons (Fsp3) is 0.211. The molecule has 1 N–H and O–H groups in total. The zero-order valence-electron chi connectivity index (χ0n) is 14.4. The molecule has 136 valence electrons. The average Bonchev–Trinajstić information content (AvgIpc) is 2.54. The minimum atomic E-state index is -4.08. The van der Waals surface area contributed by atoms with Crippen molar-refractivity contribution in [2.45, 2.75) is 31.1 Å². The van der Waals surface area contributed by atoms with E-state index in [1.54, 1.807) is 12.1 Å². The van der Waals surface area contributed by atoms with Gasteiger partial charge in [0.2, 0.25) is 9.84 Å². The van der Waals surface area contributed by atoms with Gasteiger partial charge in [-0.05, 0) is 69.4 Å². The predicted molar refractivity (Wildman–Crippen MR) is 102 cm³/mol. The van der Waals surface area contributed by atoms with Gasteiger partial charge in [0, 0.05) is 5.56 Å². The van der Waals surface area contributed by atoms with Gasteiger partial charge in [0.05, 0.1) is 9.37 Å². The highest BCUT2D eigenvalue weighted by Crippen LogP contribution is 2.38.